The lowest BCUT2D eigenvalue weighted by molar-refractivity contribution is 0.581. The lowest BCUT2D eigenvalue weighted by Crippen LogP contribution is -2.36. The molecule has 0 aliphatic carbocycles. The Bertz CT molecular complexity index is 316. The van der Waals surface area contributed by atoms with Crippen molar-refractivity contribution in [2.45, 2.75) is 19.9 Å². The molecule has 1 aromatic heterocycles. The van der Waals surface area contributed by atoms with Crippen molar-refractivity contribution in [2.24, 2.45) is 5.73 Å². The van der Waals surface area contributed by atoms with Gasteiger partial charge < -0.3 is 10.6 Å². The van der Waals surface area contributed by atoms with Crippen LogP contribution in [0.15, 0.2) is 6.33 Å². The second-order valence-corrected chi connectivity index (χ2v) is 3.29. The largest absolute Gasteiger partial charge is 0.353 e. The van der Waals surface area contributed by atoms with Gasteiger partial charge in [0.25, 0.3) is 0 Å². The summed E-state index contributed by atoms with van der Waals surface area (Å²) in [5, 5.41) is 0. The summed E-state index contributed by atoms with van der Waals surface area (Å²) >= 11 is 0. The molecule has 5 heteroatoms. The molecule has 1 aromatic rings. The summed E-state index contributed by atoms with van der Waals surface area (Å²) in [6.07, 6.45) is 1.35. The van der Waals surface area contributed by atoms with E-state index in [2.05, 4.69) is 9.97 Å². The minimum atomic E-state index is -0.379. The van der Waals surface area contributed by atoms with Crippen molar-refractivity contribution in [2.75, 3.05) is 18.5 Å². The first-order chi connectivity index (χ1) is 6.57. The number of hydrogen-bond donors (Lipinski definition) is 1. The Morgan fingerprint density at radius 3 is 2.79 bits per heavy atom. The van der Waals surface area contributed by atoms with Gasteiger partial charge in [-0.2, -0.15) is 0 Å². The lowest BCUT2D eigenvalue weighted by Gasteiger charge is -2.24. The Labute approximate surface area is 83.0 Å². The molecule has 0 bridgehead atoms. The predicted molar refractivity (Wildman–Crippen MR) is 53.6 cm³/mol. The zero-order chi connectivity index (χ0) is 10.7. The van der Waals surface area contributed by atoms with Gasteiger partial charge in [0.1, 0.15) is 6.33 Å². The maximum Gasteiger partial charge on any atom is 0.186 e. The molecule has 1 unspecified atom stereocenters. The van der Waals surface area contributed by atoms with Crippen LogP contribution in [0.4, 0.5) is 10.2 Å². The van der Waals surface area contributed by atoms with E-state index in [0.29, 0.717) is 18.1 Å². The standard InChI is InChI=1S/C9H15FN4/c1-6(4-11)14(3)9-8(10)7(2)12-5-13-9/h5-6H,4,11H2,1-3H3. The van der Waals surface area contributed by atoms with Crippen molar-refractivity contribution in [3.63, 3.8) is 0 Å². The van der Waals surface area contributed by atoms with Gasteiger partial charge in [-0.3, -0.25) is 0 Å². The van der Waals surface area contributed by atoms with E-state index in [0.717, 1.165) is 0 Å². The number of rotatable bonds is 3. The van der Waals surface area contributed by atoms with E-state index in [1.807, 2.05) is 6.92 Å². The van der Waals surface area contributed by atoms with Crippen molar-refractivity contribution in [1.29, 1.82) is 0 Å². The molecular weight excluding hydrogens is 183 g/mol. The highest BCUT2D eigenvalue weighted by atomic mass is 19.1. The fourth-order valence-electron chi connectivity index (χ4n) is 1.06. The number of aryl methyl sites for hydroxylation is 1. The summed E-state index contributed by atoms with van der Waals surface area (Å²) in [6.45, 7) is 3.98. The molecule has 0 radical (unpaired) electrons. The van der Waals surface area contributed by atoms with Crippen LogP contribution in [0.25, 0.3) is 0 Å². The third kappa shape index (κ3) is 1.98. The van der Waals surface area contributed by atoms with Gasteiger partial charge in [-0.25, -0.2) is 14.4 Å². The molecule has 0 saturated carbocycles. The molecule has 0 aromatic carbocycles. The average Bonchev–Trinajstić information content (AvgIpc) is 2.20. The van der Waals surface area contributed by atoms with E-state index in [4.69, 9.17) is 5.73 Å². The minimum absolute atomic E-state index is 0.0544. The molecule has 0 aliphatic rings. The molecule has 2 N–H and O–H groups in total. The molecule has 1 atom stereocenters. The number of anilines is 1. The fourth-order valence-corrected chi connectivity index (χ4v) is 1.06. The first kappa shape index (κ1) is 10.8. The summed E-state index contributed by atoms with van der Waals surface area (Å²) in [6, 6.07) is 0.0544. The van der Waals surface area contributed by atoms with Crippen LogP contribution < -0.4 is 10.6 Å². The van der Waals surface area contributed by atoms with E-state index in [-0.39, 0.29) is 11.9 Å². The highest BCUT2D eigenvalue weighted by Gasteiger charge is 2.15. The maximum absolute atomic E-state index is 13.5. The van der Waals surface area contributed by atoms with Crippen molar-refractivity contribution < 1.29 is 4.39 Å². The van der Waals surface area contributed by atoms with Crippen LogP contribution in [0.5, 0.6) is 0 Å². The Balaban J connectivity index is 3.01. The highest BCUT2D eigenvalue weighted by Crippen LogP contribution is 2.17. The molecule has 4 nitrogen and oxygen atoms in total. The van der Waals surface area contributed by atoms with E-state index in [9.17, 15) is 4.39 Å². The first-order valence-corrected chi connectivity index (χ1v) is 4.48. The minimum Gasteiger partial charge on any atom is -0.353 e. The smallest absolute Gasteiger partial charge is 0.186 e. The van der Waals surface area contributed by atoms with Gasteiger partial charge in [0.2, 0.25) is 0 Å². The molecule has 1 rings (SSSR count). The van der Waals surface area contributed by atoms with Crippen molar-refractivity contribution in [1.82, 2.24) is 9.97 Å². The van der Waals surface area contributed by atoms with Gasteiger partial charge in [0, 0.05) is 19.6 Å². The second kappa shape index (κ2) is 4.32. The number of hydrogen-bond acceptors (Lipinski definition) is 4. The van der Waals surface area contributed by atoms with E-state index in [1.165, 1.54) is 6.33 Å². The van der Waals surface area contributed by atoms with Crippen molar-refractivity contribution >= 4 is 5.82 Å². The Kier molecular flexibility index (Phi) is 3.35. The molecule has 0 aliphatic heterocycles. The third-order valence-corrected chi connectivity index (χ3v) is 2.28. The fraction of sp³-hybridized carbons (Fsp3) is 0.556. The van der Waals surface area contributed by atoms with Gasteiger partial charge >= 0.3 is 0 Å². The Morgan fingerprint density at radius 1 is 1.57 bits per heavy atom. The number of likely N-dealkylation sites (N-methyl/N-ethyl adjacent to an activating group) is 1. The topological polar surface area (TPSA) is 55.0 Å². The zero-order valence-electron chi connectivity index (χ0n) is 8.66. The normalized spacial score (nSPS) is 12.6. The van der Waals surface area contributed by atoms with Gasteiger partial charge in [0.05, 0.1) is 5.69 Å². The summed E-state index contributed by atoms with van der Waals surface area (Å²) in [7, 11) is 1.77. The van der Waals surface area contributed by atoms with E-state index < -0.39 is 0 Å². The zero-order valence-corrected chi connectivity index (χ0v) is 8.66. The van der Waals surface area contributed by atoms with E-state index in [1.54, 1.807) is 18.9 Å². The number of nitrogens with two attached hydrogens (primary N) is 1. The first-order valence-electron chi connectivity index (χ1n) is 4.48. The van der Waals surface area contributed by atoms with Gasteiger partial charge in [-0.05, 0) is 13.8 Å². The lowest BCUT2D eigenvalue weighted by atomic mass is 10.3. The van der Waals surface area contributed by atoms with Crippen LogP contribution in [0.1, 0.15) is 12.6 Å². The SMILES string of the molecule is Cc1ncnc(N(C)C(C)CN)c1F. The summed E-state index contributed by atoms with van der Waals surface area (Å²) in [5.41, 5.74) is 5.84. The van der Waals surface area contributed by atoms with Gasteiger partial charge in [-0.1, -0.05) is 0 Å². The van der Waals surface area contributed by atoms with Crippen LogP contribution in [0.3, 0.4) is 0 Å². The number of halogens is 1. The highest BCUT2D eigenvalue weighted by molar-refractivity contribution is 5.40. The molecule has 0 spiro atoms. The van der Waals surface area contributed by atoms with E-state index >= 15 is 0 Å². The molecule has 0 amide bonds. The van der Waals surface area contributed by atoms with Crippen LogP contribution >= 0.6 is 0 Å². The molecule has 0 fully saturated rings. The summed E-state index contributed by atoms with van der Waals surface area (Å²) in [5.74, 6) is -0.0780. The number of nitrogens with zero attached hydrogens (tertiary/aromatic N) is 3. The average molecular weight is 198 g/mol. The summed E-state index contributed by atoms with van der Waals surface area (Å²) < 4.78 is 13.5. The maximum atomic E-state index is 13.5. The summed E-state index contributed by atoms with van der Waals surface area (Å²) in [4.78, 5) is 9.37. The molecular formula is C9H15FN4. The Hall–Kier alpha value is -1.23. The van der Waals surface area contributed by atoms with Gasteiger partial charge in [0.15, 0.2) is 11.6 Å². The second-order valence-electron chi connectivity index (χ2n) is 3.29. The van der Waals surface area contributed by atoms with Crippen LogP contribution in [0.2, 0.25) is 0 Å². The third-order valence-electron chi connectivity index (χ3n) is 2.28. The number of aromatic nitrogens is 2. The quantitative estimate of drug-likeness (QED) is 0.777. The van der Waals surface area contributed by atoms with Crippen LogP contribution in [-0.4, -0.2) is 29.6 Å². The van der Waals surface area contributed by atoms with Crippen molar-refractivity contribution in [3.05, 3.63) is 17.8 Å². The molecule has 78 valence electrons. The van der Waals surface area contributed by atoms with Crippen LogP contribution in [-0.2, 0) is 0 Å². The monoisotopic (exact) mass is 198 g/mol. The predicted octanol–water partition coefficient (Wildman–Crippen LogP) is 0.708. The van der Waals surface area contributed by atoms with Crippen molar-refractivity contribution in [3.8, 4) is 0 Å². The molecule has 0 saturated heterocycles. The molecule has 1 heterocycles. The Morgan fingerprint density at radius 2 is 2.21 bits per heavy atom. The van der Waals surface area contributed by atoms with Crippen LogP contribution in [0, 0.1) is 12.7 Å². The molecule has 14 heavy (non-hydrogen) atoms. The van der Waals surface area contributed by atoms with Gasteiger partial charge in [-0.15, -0.1) is 0 Å².